The Hall–Kier alpha value is -2.04. The van der Waals surface area contributed by atoms with Crippen LogP contribution in [0.1, 0.15) is 25.5 Å². The van der Waals surface area contributed by atoms with E-state index in [4.69, 9.17) is 0 Å². The molecule has 106 valence electrons. The highest BCUT2D eigenvalue weighted by molar-refractivity contribution is 5.64. The molecule has 1 aromatic heterocycles. The number of hydrogen-bond acceptors (Lipinski definition) is 2. The third kappa shape index (κ3) is 3.73. The third-order valence-electron chi connectivity index (χ3n) is 2.79. The maximum atomic E-state index is 12.1. The van der Waals surface area contributed by atoms with Crippen LogP contribution in [0.2, 0.25) is 0 Å². The molecule has 5 heteroatoms. The second kappa shape index (κ2) is 5.53. The maximum absolute atomic E-state index is 12.1. The number of rotatable bonds is 3. The quantitative estimate of drug-likeness (QED) is 0.808. The Morgan fingerprint density at radius 2 is 1.65 bits per heavy atom. The van der Waals surface area contributed by atoms with E-state index in [0.717, 1.165) is 16.8 Å². The molecule has 2 nitrogen and oxygen atoms in total. The number of alkyl halides is 3. The summed E-state index contributed by atoms with van der Waals surface area (Å²) in [4.78, 5) is 4.26. The number of halogens is 3. The normalized spacial score (nSPS) is 11.7. The lowest BCUT2D eigenvalue weighted by Crippen LogP contribution is -2.16. The van der Waals surface area contributed by atoms with Crippen LogP contribution in [0.4, 0.5) is 13.2 Å². The number of hydrogen-bond donors (Lipinski definition) is 0. The minimum Gasteiger partial charge on any atom is -0.406 e. The van der Waals surface area contributed by atoms with Crippen molar-refractivity contribution in [3.05, 3.63) is 48.3 Å². The van der Waals surface area contributed by atoms with Crippen molar-refractivity contribution >= 4 is 0 Å². The van der Waals surface area contributed by atoms with Crippen molar-refractivity contribution in [3.8, 4) is 16.9 Å². The Morgan fingerprint density at radius 3 is 2.20 bits per heavy atom. The van der Waals surface area contributed by atoms with Gasteiger partial charge in [0.25, 0.3) is 0 Å². The summed E-state index contributed by atoms with van der Waals surface area (Å²) < 4.78 is 40.1. The van der Waals surface area contributed by atoms with E-state index in [1.807, 2.05) is 26.0 Å². The Labute approximate surface area is 115 Å². The van der Waals surface area contributed by atoms with Crippen LogP contribution in [0.3, 0.4) is 0 Å². The van der Waals surface area contributed by atoms with Gasteiger partial charge in [-0.2, -0.15) is 0 Å². The van der Waals surface area contributed by atoms with Crippen molar-refractivity contribution in [2.45, 2.75) is 26.1 Å². The zero-order valence-electron chi connectivity index (χ0n) is 11.1. The molecule has 0 radical (unpaired) electrons. The van der Waals surface area contributed by atoms with Crippen molar-refractivity contribution in [3.63, 3.8) is 0 Å². The summed E-state index contributed by atoms with van der Waals surface area (Å²) >= 11 is 0. The van der Waals surface area contributed by atoms with E-state index in [9.17, 15) is 13.2 Å². The first-order chi connectivity index (χ1) is 9.35. The number of benzene rings is 1. The Kier molecular flexibility index (Phi) is 3.97. The van der Waals surface area contributed by atoms with Crippen LogP contribution in [0.15, 0.2) is 42.6 Å². The molecule has 2 rings (SSSR count). The molecular weight excluding hydrogens is 267 g/mol. The van der Waals surface area contributed by atoms with Gasteiger partial charge < -0.3 is 4.74 Å². The lowest BCUT2D eigenvalue weighted by Gasteiger charge is -2.10. The van der Waals surface area contributed by atoms with Crippen molar-refractivity contribution in [1.29, 1.82) is 0 Å². The fourth-order valence-corrected chi connectivity index (χ4v) is 1.79. The van der Waals surface area contributed by atoms with Crippen LogP contribution in [-0.4, -0.2) is 11.3 Å². The third-order valence-corrected chi connectivity index (χ3v) is 2.79. The van der Waals surface area contributed by atoms with E-state index in [2.05, 4.69) is 9.72 Å². The van der Waals surface area contributed by atoms with Gasteiger partial charge in [-0.25, -0.2) is 0 Å². The molecule has 0 bridgehead atoms. The van der Waals surface area contributed by atoms with Gasteiger partial charge in [-0.15, -0.1) is 13.2 Å². The summed E-state index contributed by atoms with van der Waals surface area (Å²) in [6.45, 7) is 4.07. The van der Waals surface area contributed by atoms with Gasteiger partial charge >= 0.3 is 6.36 Å². The molecule has 0 saturated heterocycles. The Morgan fingerprint density at radius 1 is 1.00 bits per heavy atom. The summed E-state index contributed by atoms with van der Waals surface area (Å²) in [5.74, 6) is 0.0715. The van der Waals surface area contributed by atoms with Gasteiger partial charge in [-0.05, 0) is 41.3 Å². The molecule has 0 aliphatic heterocycles. The molecule has 0 amide bonds. The molecule has 0 saturated carbocycles. The molecule has 0 aliphatic carbocycles. The smallest absolute Gasteiger partial charge is 0.406 e. The number of aromatic nitrogens is 1. The van der Waals surface area contributed by atoms with Crippen LogP contribution in [-0.2, 0) is 0 Å². The SMILES string of the molecule is CC(C)c1cc(-c2ccc(OC(F)(F)F)cc2)ccn1. The van der Waals surface area contributed by atoms with E-state index < -0.39 is 6.36 Å². The summed E-state index contributed by atoms with van der Waals surface area (Å²) in [6, 6.07) is 9.56. The zero-order valence-corrected chi connectivity index (χ0v) is 11.1. The lowest BCUT2D eigenvalue weighted by atomic mass is 10.0. The van der Waals surface area contributed by atoms with Gasteiger partial charge in [0.15, 0.2) is 0 Å². The van der Waals surface area contributed by atoms with Gasteiger partial charge in [0.1, 0.15) is 5.75 Å². The van der Waals surface area contributed by atoms with Crippen LogP contribution < -0.4 is 4.74 Å². The number of nitrogens with zero attached hydrogens (tertiary/aromatic N) is 1. The molecule has 0 spiro atoms. The molecule has 0 unspecified atom stereocenters. The molecule has 20 heavy (non-hydrogen) atoms. The van der Waals surface area contributed by atoms with Crippen molar-refractivity contribution in [1.82, 2.24) is 4.98 Å². The van der Waals surface area contributed by atoms with Crippen LogP contribution >= 0.6 is 0 Å². The summed E-state index contributed by atoms with van der Waals surface area (Å²) in [5.41, 5.74) is 2.68. The summed E-state index contributed by atoms with van der Waals surface area (Å²) in [6.07, 6.45) is -2.96. The van der Waals surface area contributed by atoms with E-state index in [-0.39, 0.29) is 5.75 Å². The second-order valence-corrected chi connectivity index (χ2v) is 4.70. The lowest BCUT2D eigenvalue weighted by molar-refractivity contribution is -0.274. The molecule has 2 aromatic rings. The molecule has 1 heterocycles. The first kappa shape index (κ1) is 14.4. The Balaban J connectivity index is 2.24. The predicted molar refractivity (Wildman–Crippen MR) is 70.4 cm³/mol. The van der Waals surface area contributed by atoms with Gasteiger partial charge in [0.2, 0.25) is 0 Å². The molecule has 0 atom stereocenters. The summed E-state index contributed by atoms with van der Waals surface area (Å²) in [5, 5.41) is 0. The van der Waals surface area contributed by atoms with Crippen LogP contribution in [0, 0.1) is 0 Å². The fraction of sp³-hybridized carbons (Fsp3) is 0.267. The second-order valence-electron chi connectivity index (χ2n) is 4.70. The van der Waals surface area contributed by atoms with Gasteiger partial charge in [-0.1, -0.05) is 26.0 Å². The van der Waals surface area contributed by atoms with E-state index >= 15 is 0 Å². The highest BCUT2D eigenvalue weighted by atomic mass is 19.4. The number of pyridine rings is 1. The van der Waals surface area contributed by atoms with Gasteiger partial charge in [0.05, 0.1) is 0 Å². The molecule has 0 N–H and O–H groups in total. The minimum absolute atomic E-state index is 0.223. The first-order valence-electron chi connectivity index (χ1n) is 6.17. The van der Waals surface area contributed by atoms with Crippen molar-refractivity contribution in [2.24, 2.45) is 0 Å². The van der Waals surface area contributed by atoms with Gasteiger partial charge in [0, 0.05) is 11.9 Å². The first-order valence-corrected chi connectivity index (χ1v) is 6.17. The predicted octanol–water partition coefficient (Wildman–Crippen LogP) is 4.77. The standard InChI is InChI=1S/C15H14F3NO/c1-10(2)14-9-12(7-8-19-14)11-3-5-13(6-4-11)20-15(16,17)18/h3-10H,1-2H3. The van der Waals surface area contributed by atoms with E-state index in [1.54, 1.807) is 18.3 Å². The Bertz CT molecular complexity index is 576. The average Bonchev–Trinajstić information content (AvgIpc) is 2.38. The molecule has 1 aromatic carbocycles. The summed E-state index contributed by atoms with van der Waals surface area (Å²) in [7, 11) is 0. The molecule has 0 fully saturated rings. The zero-order chi connectivity index (χ0) is 14.8. The number of ether oxygens (including phenoxy) is 1. The topological polar surface area (TPSA) is 22.1 Å². The molecule has 0 aliphatic rings. The fourth-order valence-electron chi connectivity index (χ4n) is 1.79. The van der Waals surface area contributed by atoms with Gasteiger partial charge in [-0.3, -0.25) is 4.98 Å². The monoisotopic (exact) mass is 281 g/mol. The highest BCUT2D eigenvalue weighted by Gasteiger charge is 2.30. The van der Waals surface area contributed by atoms with Crippen molar-refractivity contribution < 1.29 is 17.9 Å². The van der Waals surface area contributed by atoms with E-state index in [0.29, 0.717) is 5.92 Å². The molecular formula is C15H14F3NO. The largest absolute Gasteiger partial charge is 0.573 e. The van der Waals surface area contributed by atoms with Crippen molar-refractivity contribution in [2.75, 3.05) is 0 Å². The average molecular weight is 281 g/mol. The maximum Gasteiger partial charge on any atom is 0.573 e. The van der Waals surface area contributed by atoms with Crippen LogP contribution in [0.25, 0.3) is 11.1 Å². The minimum atomic E-state index is -4.66. The van der Waals surface area contributed by atoms with E-state index in [1.165, 1.54) is 12.1 Å². The highest BCUT2D eigenvalue weighted by Crippen LogP contribution is 2.27. The van der Waals surface area contributed by atoms with Crippen LogP contribution in [0.5, 0.6) is 5.75 Å².